The summed E-state index contributed by atoms with van der Waals surface area (Å²) in [5, 5.41) is 0. The van der Waals surface area contributed by atoms with Gasteiger partial charge in [-0.2, -0.15) is 11.8 Å². The number of piperidine rings is 1. The number of methoxy groups -OCH3 is 1. The summed E-state index contributed by atoms with van der Waals surface area (Å²) in [7, 11) is 1.33. The molecule has 0 aromatic carbocycles. The molecular weight excluding hydrogens is 276 g/mol. The van der Waals surface area contributed by atoms with Crippen LogP contribution in [0.15, 0.2) is 0 Å². The van der Waals surface area contributed by atoms with E-state index in [0.717, 1.165) is 13.1 Å². The Labute approximate surface area is 125 Å². The van der Waals surface area contributed by atoms with Crippen LogP contribution in [0.25, 0.3) is 0 Å². The van der Waals surface area contributed by atoms with Gasteiger partial charge in [-0.25, -0.2) is 0 Å². The van der Waals surface area contributed by atoms with Crippen LogP contribution in [0.3, 0.4) is 0 Å². The number of hydrogen-bond donors (Lipinski definition) is 1. The van der Waals surface area contributed by atoms with E-state index in [1.807, 2.05) is 4.90 Å². The number of carbonyl (C=O) groups is 2. The topological polar surface area (TPSA) is 72.6 Å². The van der Waals surface area contributed by atoms with Crippen LogP contribution in [-0.2, 0) is 14.3 Å². The van der Waals surface area contributed by atoms with Gasteiger partial charge in [-0.05, 0) is 30.4 Å². The zero-order valence-corrected chi connectivity index (χ0v) is 13.4. The number of rotatable bonds is 6. The fourth-order valence-electron chi connectivity index (χ4n) is 2.60. The molecule has 0 saturated carbocycles. The van der Waals surface area contributed by atoms with Gasteiger partial charge < -0.3 is 15.4 Å². The lowest BCUT2D eigenvalue weighted by Crippen LogP contribution is -2.43. The van der Waals surface area contributed by atoms with Gasteiger partial charge in [0.1, 0.15) is 6.04 Å². The number of ether oxygens (including phenoxy) is 1. The quantitative estimate of drug-likeness (QED) is 0.588. The van der Waals surface area contributed by atoms with Gasteiger partial charge >= 0.3 is 5.97 Å². The van der Waals surface area contributed by atoms with Crippen LogP contribution in [-0.4, -0.2) is 54.5 Å². The lowest BCUT2D eigenvalue weighted by Gasteiger charge is -2.35. The van der Waals surface area contributed by atoms with Gasteiger partial charge in [-0.1, -0.05) is 13.8 Å². The second kappa shape index (κ2) is 8.52. The van der Waals surface area contributed by atoms with E-state index in [4.69, 9.17) is 5.73 Å². The molecule has 1 aliphatic heterocycles. The maximum atomic E-state index is 12.1. The highest BCUT2D eigenvalue weighted by molar-refractivity contribution is 7.99. The molecule has 0 aromatic heterocycles. The van der Waals surface area contributed by atoms with Gasteiger partial charge in [-0.3, -0.25) is 9.59 Å². The lowest BCUT2D eigenvalue weighted by atomic mass is 9.92. The average Bonchev–Trinajstić information content (AvgIpc) is 2.41. The van der Waals surface area contributed by atoms with Crippen LogP contribution in [0, 0.1) is 11.8 Å². The Morgan fingerprint density at radius 2 is 1.95 bits per heavy atom. The van der Waals surface area contributed by atoms with E-state index in [2.05, 4.69) is 18.6 Å². The van der Waals surface area contributed by atoms with Crippen molar-refractivity contribution in [1.82, 2.24) is 4.90 Å². The Bertz CT molecular complexity index is 328. The van der Waals surface area contributed by atoms with Crippen LogP contribution in [0.2, 0.25) is 0 Å². The number of nitrogens with zero attached hydrogens (tertiary/aromatic N) is 1. The Balaban J connectivity index is 2.21. The van der Waals surface area contributed by atoms with Crippen LogP contribution < -0.4 is 5.73 Å². The van der Waals surface area contributed by atoms with Crippen molar-refractivity contribution in [2.24, 2.45) is 17.6 Å². The minimum atomic E-state index is -0.586. The zero-order chi connectivity index (χ0) is 15.1. The standard InChI is InChI=1S/C14H26N2O3S/c1-10-6-11(2)8-16(7-10)13(17)9-20-5-4-12(15)14(18)19-3/h10-12H,4-9,15H2,1-3H3. The molecule has 0 bridgehead atoms. The molecule has 5 nitrogen and oxygen atoms in total. The summed E-state index contributed by atoms with van der Waals surface area (Å²) < 4.78 is 4.56. The fourth-order valence-corrected chi connectivity index (χ4v) is 3.52. The maximum absolute atomic E-state index is 12.1. The lowest BCUT2D eigenvalue weighted by molar-refractivity contribution is -0.142. The normalized spacial score (nSPS) is 24.3. The summed E-state index contributed by atoms with van der Waals surface area (Å²) >= 11 is 1.53. The molecule has 0 aliphatic carbocycles. The van der Waals surface area contributed by atoms with Crippen molar-refractivity contribution in [3.63, 3.8) is 0 Å². The molecule has 20 heavy (non-hydrogen) atoms. The molecule has 1 amide bonds. The van der Waals surface area contributed by atoms with Gasteiger partial charge in [-0.15, -0.1) is 0 Å². The second-order valence-corrected chi connectivity index (χ2v) is 6.82. The molecule has 3 unspecified atom stereocenters. The maximum Gasteiger partial charge on any atom is 0.322 e. The molecule has 1 fully saturated rings. The van der Waals surface area contributed by atoms with Gasteiger partial charge in [0.2, 0.25) is 5.91 Å². The Morgan fingerprint density at radius 3 is 2.50 bits per heavy atom. The first-order valence-corrected chi connectivity index (χ1v) is 8.28. The molecule has 1 heterocycles. The highest BCUT2D eigenvalue weighted by Gasteiger charge is 2.25. The summed E-state index contributed by atoms with van der Waals surface area (Å²) in [5.41, 5.74) is 5.64. The first-order valence-electron chi connectivity index (χ1n) is 7.13. The third-order valence-electron chi connectivity index (χ3n) is 3.52. The number of carbonyl (C=O) groups excluding carboxylic acids is 2. The van der Waals surface area contributed by atoms with Gasteiger partial charge in [0, 0.05) is 13.1 Å². The first-order chi connectivity index (χ1) is 9.43. The number of esters is 1. The summed E-state index contributed by atoms with van der Waals surface area (Å²) in [5.74, 6) is 2.13. The van der Waals surface area contributed by atoms with Crippen LogP contribution >= 0.6 is 11.8 Å². The van der Waals surface area contributed by atoms with Crippen molar-refractivity contribution in [2.45, 2.75) is 32.7 Å². The molecule has 116 valence electrons. The van der Waals surface area contributed by atoms with E-state index < -0.39 is 12.0 Å². The summed E-state index contributed by atoms with van der Waals surface area (Å²) in [6.07, 6.45) is 1.74. The number of amides is 1. The average molecular weight is 302 g/mol. The highest BCUT2D eigenvalue weighted by Crippen LogP contribution is 2.21. The van der Waals surface area contributed by atoms with Crippen molar-refractivity contribution >= 4 is 23.6 Å². The van der Waals surface area contributed by atoms with Crippen molar-refractivity contribution < 1.29 is 14.3 Å². The number of hydrogen-bond acceptors (Lipinski definition) is 5. The number of likely N-dealkylation sites (tertiary alicyclic amines) is 1. The van der Waals surface area contributed by atoms with Crippen molar-refractivity contribution in [2.75, 3.05) is 31.7 Å². The first kappa shape index (κ1) is 17.3. The minimum Gasteiger partial charge on any atom is -0.468 e. The molecule has 0 aromatic rings. The number of thioether (sulfide) groups is 1. The van der Waals surface area contributed by atoms with Crippen molar-refractivity contribution in [3.8, 4) is 0 Å². The molecule has 3 atom stereocenters. The van der Waals surface area contributed by atoms with E-state index >= 15 is 0 Å². The van der Waals surface area contributed by atoms with Crippen LogP contribution in [0.4, 0.5) is 0 Å². The number of nitrogens with two attached hydrogens (primary N) is 1. The predicted octanol–water partition coefficient (Wildman–Crippen LogP) is 1.11. The molecule has 0 radical (unpaired) electrons. The molecule has 2 N–H and O–H groups in total. The molecular formula is C14H26N2O3S. The molecule has 0 spiro atoms. The Kier molecular flexibility index (Phi) is 7.37. The smallest absolute Gasteiger partial charge is 0.322 e. The van der Waals surface area contributed by atoms with E-state index in [0.29, 0.717) is 29.8 Å². The second-order valence-electron chi connectivity index (χ2n) is 5.72. The van der Waals surface area contributed by atoms with E-state index in [1.54, 1.807) is 0 Å². The van der Waals surface area contributed by atoms with Crippen LogP contribution in [0.5, 0.6) is 0 Å². The van der Waals surface area contributed by atoms with Crippen molar-refractivity contribution in [3.05, 3.63) is 0 Å². The zero-order valence-electron chi connectivity index (χ0n) is 12.6. The summed E-state index contributed by atoms with van der Waals surface area (Å²) in [4.78, 5) is 25.2. The van der Waals surface area contributed by atoms with Gasteiger partial charge in [0.25, 0.3) is 0 Å². The molecule has 1 saturated heterocycles. The van der Waals surface area contributed by atoms with E-state index in [-0.39, 0.29) is 5.91 Å². The highest BCUT2D eigenvalue weighted by atomic mass is 32.2. The molecule has 1 rings (SSSR count). The monoisotopic (exact) mass is 302 g/mol. The van der Waals surface area contributed by atoms with Gasteiger partial charge in [0.05, 0.1) is 12.9 Å². The van der Waals surface area contributed by atoms with Gasteiger partial charge in [0.15, 0.2) is 0 Å². The largest absolute Gasteiger partial charge is 0.468 e. The molecule has 1 aliphatic rings. The van der Waals surface area contributed by atoms with Crippen molar-refractivity contribution in [1.29, 1.82) is 0 Å². The SMILES string of the molecule is COC(=O)C(N)CCSCC(=O)N1CC(C)CC(C)C1. The summed E-state index contributed by atoms with van der Waals surface area (Å²) in [6.45, 7) is 6.12. The Hall–Kier alpha value is -0.750. The predicted molar refractivity (Wildman–Crippen MR) is 81.5 cm³/mol. The van der Waals surface area contributed by atoms with E-state index in [1.165, 1.54) is 25.3 Å². The van der Waals surface area contributed by atoms with E-state index in [9.17, 15) is 9.59 Å². The third kappa shape index (κ3) is 5.71. The fraction of sp³-hybridized carbons (Fsp3) is 0.857. The summed E-state index contributed by atoms with van der Waals surface area (Å²) in [6, 6.07) is -0.586. The molecule has 6 heteroatoms. The minimum absolute atomic E-state index is 0.194. The third-order valence-corrected chi connectivity index (χ3v) is 4.50. The Morgan fingerprint density at radius 1 is 1.35 bits per heavy atom. The van der Waals surface area contributed by atoms with Crippen LogP contribution in [0.1, 0.15) is 26.7 Å².